The van der Waals surface area contributed by atoms with Gasteiger partial charge < -0.3 is 4.74 Å². The third-order valence-electron chi connectivity index (χ3n) is 0.302. The molecule has 0 amide bonds. The summed E-state index contributed by atoms with van der Waals surface area (Å²) in [6.45, 7) is 0. The molecule has 0 heterocycles. The average molecular weight is 127 g/mol. The molecule has 0 aromatic carbocycles. The van der Waals surface area contributed by atoms with E-state index in [4.69, 9.17) is 14.7 Å². The number of hydrogen-bond donors (Lipinski definition) is 3. The van der Waals surface area contributed by atoms with Crippen molar-refractivity contribution in [3.05, 3.63) is 0 Å². The van der Waals surface area contributed by atoms with E-state index in [0.717, 1.165) is 0 Å². The molecule has 0 aliphatic carbocycles. The van der Waals surface area contributed by atoms with E-state index in [1.807, 2.05) is 0 Å². The first-order chi connectivity index (χ1) is 3.06. The lowest BCUT2D eigenvalue weighted by atomic mass is 11.5. The van der Waals surface area contributed by atoms with Crippen LogP contribution in [-0.4, -0.2) is 28.1 Å². The van der Waals surface area contributed by atoms with E-state index >= 15 is 0 Å². The van der Waals surface area contributed by atoms with E-state index in [1.165, 1.54) is 7.11 Å². The molecule has 0 aromatic heterocycles. The first-order valence-corrected chi connectivity index (χ1v) is 3.45. The molecule has 0 spiro atoms. The van der Waals surface area contributed by atoms with Crippen LogP contribution in [0.3, 0.4) is 0 Å². The van der Waals surface area contributed by atoms with Crippen molar-refractivity contribution >= 4 is 7.94 Å². The smallest absolute Gasteiger partial charge is 0.343 e. The highest BCUT2D eigenvalue weighted by Crippen LogP contribution is 2.43. The lowest BCUT2D eigenvalue weighted by Crippen LogP contribution is -1.95. The molecule has 0 saturated heterocycles. The minimum absolute atomic E-state index is 0.382. The van der Waals surface area contributed by atoms with Crippen LogP contribution in [0, 0.1) is 0 Å². The number of ether oxygens (including phenoxy) is 1. The zero-order valence-corrected chi connectivity index (χ0v) is 4.80. The molecule has 0 rings (SSSR count). The van der Waals surface area contributed by atoms with Crippen molar-refractivity contribution < 1.29 is 19.4 Å². The fraction of sp³-hybridized carbons (Fsp3) is 1.00. The molecule has 0 atom stereocenters. The fourth-order valence-corrected chi connectivity index (χ4v) is 0.520. The van der Waals surface area contributed by atoms with Crippen LogP contribution in [0.1, 0.15) is 0 Å². The van der Waals surface area contributed by atoms with Crippen LogP contribution < -0.4 is 0 Å². The molecule has 0 saturated carbocycles. The standard InChI is InChI=1S/C2H8O4P/c1-6-2-7(3,4)5/h3-5H,2H2,1H3/q+1. The second-order valence-electron chi connectivity index (χ2n) is 1.11. The second-order valence-corrected chi connectivity index (χ2v) is 2.75. The Bertz CT molecular complexity index is 48.1. The number of hydrogen-bond acceptors (Lipinski definition) is 4. The normalized spacial score (nSPS) is 12.0. The lowest BCUT2D eigenvalue weighted by Gasteiger charge is -1.98. The van der Waals surface area contributed by atoms with Gasteiger partial charge in [-0.25, -0.2) is 0 Å². The Kier molecular flexibility index (Phi) is 2.64. The summed E-state index contributed by atoms with van der Waals surface area (Å²) < 4.78 is 4.21. The van der Waals surface area contributed by atoms with Crippen molar-refractivity contribution in [1.82, 2.24) is 0 Å². The van der Waals surface area contributed by atoms with E-state index in [2.05, 4.69) is 4.74 Å². The molecule has 4 nitrogen and oxygen atoms in total. The summed E-state index contributed by atoms with van der Waals surface area (Å²) in [5.74, 6) is 0. The van der Waals surface area contributed by atoms with Gasteiger partial charge in [0.1, 0.15) is 0 Å². The summed E-state index contributed by atoms with van der Waals surface area (Å²) in [5, 5.41) is 0. The van der Waals surface area contributed by atoms with Gasteiger partial charge in [-0.1, -0.05) is 0 Å². The maximum Gasteiger partial charge on any atom is 0.431 e. The van der Waals surface area contributed by atoms with E-state index in [9.17, 15) is 0 Å². The molecule has 0 aromatic rings. The highest BCUT2D eigenvalue weighted by atomic mass is 31.2. The molecule has 0 unspecified atom stereocenters. The predicted octanol–water partition coefficient (Wildman–Crippen LogP) is -0.670. The van der Waals surface area contributed by atoms with E-state index in [0.29, 0.717) is 0 Å². The molecule has 0 radical (unpaired) electrons. The molecule has 0 aliphatic heterocycles. The Morgan fingerprint density at radius 3 is 1.86 bits per heavy atom. The molecular formula is C2H8O4P+. The van der Waals surface area contributed by atoms with Crippen LogP contribution >= 0.6 is 7.94 Å². The summed E-state index contributed by atoms with van der Waals surface area (Å²) in [4.78, 5) is 24.3. The molecule has 0 aliphatic rings. The minimum Gasteiger partial charge on any atom is -0.343 e. The second kappa shape index (κ2) is 2.55. The Morgan fingerprint density at radius 1 is 1.43 bits per heavy atom. The highest BCUT2D eigenvalue weighted by molar-refractivity contribution is 7.58. The lowest BCUT2D eigenvalue weighted by molar-refractivity contribution is 0.201. The van der Waals surface area contributed by atoms with Crippen molar-refractivity contribution in [3.63, 3.8) is 0 Å². The Labute approximate surface area is 41.9 Å². The van der Waals surface area contributed by atoms with Crippen LogP contribution in [0.5, 0.6) is 0 Å². The quantitative estimate of drug-likeness (QED) is 0.430. The van der Waals surface area contributed by atoms with Gasteiger partial charge in [-0.2, -0.15) is 14.7 Å². The monoisotopic (exact) mass is 127 g/mol. The highest BCUT2D eigenvalue weighted by Gasteiger charge is 2.28. The van der Waals surface area contributed by atoms with Crippen molar-refractivity contribution in [1.29, 1.82) is 0 Å². The summed E-state index contributed by atoms with van der Waals surface area (Å²) in [6.07, 6.45) is -0.382. The van der Waals surface area contributed by atoms with E-state index in [-0.39, 0.29) is 6.35 Å². The fourth-order valence-electron chi connectivity index (χ4n) is 0.173. The summed E-state index contributed by atoms with van der Waals surface area (Å²) in [6, 6.07) is 0. The topological polar surface area (TPSA) is 69.9 Å². The van der Waals surface area contributed by atoms with Crippen LogP contribution in [0.25, 0.3) is 0 Å². The Morgan fingerprint density at radius 2 is 1.86 bits per heavy atom. The Balaban J connectivity index is 3.15. The third kappa shape index (κ3) is 6.27. The molecule has 44 valence electrons. The predicted molar refractivity (Wildman–Crippen MR) is 25.5 cm³/mol. The first-order valence-electron chi connectivity index (χ1n) is 1.61. The maximum absolute atomic E-state index is 8.11. The largest absolute Gasteiger partial charge is 0.431 e. The average Bonchev–Trinajstić information content (AvgIpc) is 1.30. The summed E-state index contributed by atoms with van der Waals surface area (Å²) >= 11 is 0. The molecule has 3 N–H and O–H groups in total. The minimum atomic E-state index is -3.64. The zero-order valence-electron chi connectivity index (χ0n) is 3.90. The van der Waals surface area contributed by atoms with Crippen LogP contribution in [-0.2, 0) is 4.74 Å². The summed E-state index contributed by atoms with van der Waals surface area (Å²) in [5.41, 5.74) is 0. The van der Waals surface area contributed by atoms with Gasteiger partial charge in [0.05, 0.1) is 0 Å². The van der Waals surface area contributed by atoms with Crippen molar-refractivity contribution in [2.75, 3.05) is 13.5 Å². The van der Waals surface area contributed by atoms with Crippen LogP contribution in [0.15, 0.2) is 0 Å². The first kappa shape index (κ1) is 7.27. The van der Waals surface area contributed by atoms with Gasteiger partial charge in [-0.3, -0.25) is 0 Å². The van der Waals surface area contributed by atoms with E-state index < -0.39 is 7.94 Å². The molecule has 0 bridgehead atoms. The van der Waals surface area contributed by atoms with Crippen molar-refractivity contribution in [2.24, 2.45) is 0 Å². The molecule has 0 fully saturated rings. The van der Waals surface area contributed by atoms with Gasteiger partial charge in [0, 0.05) is 7.11 Å². The third-order valence-corrected chi connectivity index (χ3v) is 0.907. The van der Waals surface area contributed by atoms with Crippen LogP contribution in [0.2, 0.25) is 0 Å². The SMILES string of the molecule is COC[P+](O)(O)O. The number of methoxy groups -OCH3 is 1. The zero-order chi connectivity index (χ0) is 5.91. The molecule has 5 heteroatoms. The number of rotatable bonds is 2. The molecular weight excluding hydrogens is 119 g/mol. The van der Waals surface area contributed by atoms with Crippen molar-refractivity contribution in [3.8, 4) is 0 Å². The van der Waals surface area contributed by atoms with Gasteiger partial charge in [0.15, 0.2) is 0 Å². The van der Waals surface area contributed by atoms with Gasteiger partial charge >= 0.3 is 7.94 Å². The molecule has 7 heavy (non-hydrogen) atoms. The van der Waals surface area contributed by atoms with E-state index in [1.54, 1.807) is 0 Å². The van der Waals surface area contributed by atoms with Crippen LogP contribution in [0.4, 0.5) is 0 Å². The summed E-state index contributed by atoms with van der Waals surface area (Å²) in [7, 11) is -2.36. The Hall–Kier alpha value is 0.270. The van der Waals surface area contributed by atoms with Crippen molar-refractivity contribution in [2.45, 2.75) is 0 Å². The maximum atomic E-state index is 8.11. The van der Waals surface area contributed by atoms with Gasteiger partial charge in [-0.15, -0.1) is 0 Å². The van der Waals surface area contributed by atoms with Gasteiger partial charge in [0.2, 0.25) is 6.35 Å². The van der Waals surface area contributed by atoms with Gasteiger partial charge in [-0.05, 0) is 0 Å². The van der Waals surface area contributed by atoms with Gasteiger partial charge in [0.25, 0.3) is 0 Å².